The topological polar surface area (TPSA) is 41.1 Å². The lowest BCUT2D eigenvalue weighted by molar-refractivity contribution is -0.113. The second-order valence-corrected chi connectivity index (χ2v) is 6.49. The van der Waals surface area contributed by atoms with Gasteiger partial charge in [0.15, 0.2) is 0 Å². The summed E-state index contributed by atoms with van der Waals surface area (Å²) in [5.41, 5.74) is 1.79. The number of nitrogens with one attached hydrogen (secondary N) is 2. The Hall–Kier alpha value is -0.710. The van der Waals surface area contributed by atoms with Gasteiger partial charge >= 0.3 is 0 Å². The van der Waals surface area contributed by atoms with Crippen molar-refractivity contribution in [3.8, 4) is 0 Å². The standard InChI is InChI=1S/C14H19ClN2OS/c1-10-2-3-12(15)13(8-10)17-14(18)9-19-11-4-6-16-7-5-11/h2-3,8,11,16H,4-7,9H2,1H3,(H,17,18). The minimum atomic E-state index is 0.0241. The van der Waals surface area contributed by atoms with Crippen LogP contribution in [0.25, 0.3) is 0 Å². The molecule has 0 bridgehead atoms. The summed E-state index contributed by atoms with van der Waals surface area (Å²) in [5, 5.41) is 7.39. The Kier molecular flexibility index (Phi) is 5.55. The molecule has 2 N–H and O–H groups in total. The molecule has 104 valence electrons. The monoisotopic (exact) mass is 298 g/mol. The van der Waals surface area contributed by atoms with E-state index in [1.165, 1.54) is 0 Å². The van der Waals surface area contributed by atoms with Crippen LogP contribution in [0.1, 0.15) is 18.4 Å². The molecule has 1 aliphatic heterocycles. The van der Waals surface area contributed by atoms with Gasteiger partial charge in [-0.1, -0.05) is 17.7 Å². The highest BCUT2D eigenvalue weighted by molar-refractivity contribution is 8.00. The molecule has 1 heterocycles. The van der Waals surface area contributed by atoms with Crippen molar-refractivity contribution < 1.29 is 4.79 Å². The summed E-state index contributed by atoms with van der Waals surface area (Å²) in [4.78, 5) is 11.9. The summed E-state index contributed by atoms with van der Waals surface area (Å²) < 4.78 is 0. The fraction of sp³-hybridized carbons (Fsp3) is 0.500. The van der Waals surface area contributed by atoms with E-state index in [0.717, 1.165) is 31.5 Å². The fourth-order valence-corrected chi connectivity index (χ4v) is 3.27. The summed E-state index contributed by atoms with van der Waals surface area (Å²) >= 11 is 7.80. The Morgan fingerprint density at radius 1 is 1.47 bits per heavy atom. The van der Waals surface area contributed by atoms with E-state index < -0.39 is 0 Å². The van der Waals surface area contributed by atoms with Crippen LogP contribution in [0.15, 0.2) is 18.2 Å². The number of carbonyl (C=O) groups excluding carboxylic acids is 1. The summed E-state index contributed by atoms with van der Waals surface area (Å²) in [7, 11) is 0. The molecule has 1 saturated heterocycles. The lowest BCUT2D eigenvalue weighted by Gasteiger charge is -2.21. The fourth-order valence-electron chi connectivity index (χ4n) is 2.08. The number of halogens is 1. The molecule has 3 nitrogen and oxygen atoms in total. The van der Waals surface area contributed by atoms with Gasteiger partial charge in [0, 0.05) is 5.25 Å². The third kappa shape index (κ3) is 4.71. The van der Waals surface area contributed by atoms with Crippen LogP contribution >= 0.6 is 23.4 Å². The SMILES string of the molecule is Cc1ccc(Cl)c(NC(=O)CSC2CCNCC2)c1. The molecule has 0 aromatic heterocycles. The van der Waals surface area contributed by atoms with Gasteiger partial charge in [-0.05, 0) is 50.6 Å². The summed E-state index contributed by atoms with van der Waals surface area (Å²) in [6, 6.07) is 5.64. The predicted octanol–water partition coefficient (Wildman–Crippen LogP) is 3.07. The highest BCUT2D eigenvalue weighted by Crippen LogP contribution is 2.24. The lowest BCUT2D eigenvalue weighted by atomic mass is 10.2. The molecule has 1 amide bonds. The Bertz CT molecular complexity index is 447. The van der Waals surface area contributed by atoms with Crippen LogP contribution in [0.4, 0.5) is 5.69 Å². The molecule has 0 aliphatic carbocycles. The zero-order chi connectivity index (χ0) is 13.7. The van der Waals surface area contributed by atoms with Crippen molar-refractivity contribution in [1.82, 2.24) is 5.32 Å². The van der Waals surface area contributed by atoms with Crippen LogP contribution in [-0.2, 0) is 4.79 Å². The van der Waals surface area contributed by atoms with Crippen LogP contribution in [0.5, 0.6) is 0 Å². The van der Waals surface area contributed by atoms with E-state index in [1.54, 1.807) is 11.8 Å². The molecule has 0 radical (unpaired) electrons. The van der Waals surface area contributed by atoms with Gasteiger partial charge in [-0.15, -0.1) is 11.8 Å². The highest BCUT2D eigenvalue weighted by atomic mass is 35.5. The van der Waals surface area contributed by atoms with Crippen molar-refractivity contribution in [3.63, 3.8) is 0 Å². The predicted molar refractivity (Wildman–Crippen MR) is 83.2 cm³/mol. The highest BCUT2D eigenvalue weighted by Gasteiger charge is 2.15. The van der Waals surface area contributed by atoms with Crippen LogP contribution in [0.2, 0.25) is 5.02 Å². The van der Waals surface area contributed by atoms with Crippen molar-refractivity contribution >= 4 is 35.0 Å². The van der Waals surface area contributed by atoms with Crippen molar-refractivity contribution in [2.24, 2.45) is 0 Å². The summed E-state index contributed by atoms with van der Waals surface area (Å²) in [5.74, 6) is 0.519. The molecular formula is C14H19ClN2OS. The average Bonchev–Trinajstić information content (AvgIpc) is 2.42. The largest absolute Gasteiger partial charge is 0.324 e. The van der Waals surface area contributed by atoms with Gasteiger partial charge in [-0.3, -0.25) is 4.79 Å². The molecule has 1 aromatic rings. The zero-order valence-electron chi connectivity index (χ0n) is 11.0. The van der Waals surface area contributed by atoms with Gasteiger partial charge in [0.1, 0.15) is 0 Å². The third-order valence-electron chi connectivity index (χ3n) is 3.13. The number of carbonyl (C=O) groups is 1. The van der Waals surface area contributed by atoms with Crippen LogP contribution in [-0.4, -0.2) is 30.0 Å². The Labute approximate surface area is 123 Å². The molecule has 0 unspecified atom stereocenters. The number of rotatable bonds is 4. The molecule has 2 rings (SSSR count). The molecule has 0 saturated carbocycles. The number of hydrogen-bond donors (Lipinski definition) is 2. The smallest absolute Gasteiger partial charge is 0.234 e. The third-order valence-corrected chi connectivity index (χ3v) is 4.83. The minimum absolute atomic E-state index is 0.0241. The van der Waals surface area contributed by atoms with E-state index in [2.05, 4.69) is 10.6 Å². The van der Waals surface area contributed by atoms with Gasteiger partial charge in [0.25, 0.3) is 0 Å². The number of thioether (sulfide) groups is 1. The van der Waals surface area contributed by atoms with Crippen molar-refractivity contribution in [2.45, 2.75) is 25.0 Å². The number of amides is 1. The average molecular weight is 299 g/mol. The van der Waals surface area contributed by atoms with Crippen LogP contribution in [0.3, 0.4) is 0 Å². The van der Waals surface area contributed by atoms with Gasteiger partial charge in [-0.2, -0.15) is 0 Å². The minimum Gasteiger partial charge on any atom is -0.324 e. The molecule has 1 aromatic carbocycles. The Balaban J connectivity index is 1.81. The Morgan fingerprint density at radius 3 is 2.95 bits per heavy atom. The first-order valence-electron chi connectivity index (χ1n) is 6.53. The van der Waals surface area contributed by atoms with Crippen LogP contribution < -0.4 is 10.6 Å². The van der Waals surface area contributed by atoms with E-state index in [0.29, 0.717) is 21.7 Å². The van der Waals surface area contributed by atoms with Gasteiger partial charge in [0.2, 0.25) is 5.91 Å². The zero-order valence-corrected chi connectivity index (χ0v) is 12.6. The lowest BCUT2D eigenvalue weighted by Crippen LogP contribution is -2.30. The van der Waals surface area contributed by atoms with Crippen molar-refractivity contribution in [3.05, 3.63) is 28.8 Å². The Morgan fingerprint density at radius 2 is 2.21 bits per heavy atom. The van der Waals surface area contributed by atoms with E-state index in [4.69, 9.17) is 11.6 Å². The van der Waals surface area contributed by atoms with E-state index >= 15 is 0 Å². The van der Waals surface area contributed by atoms with E-state index in [1.807, 2.05) is 25.1 Å². The molecule has 19 heavy (non-hydrogen) atoms. The normalized spacial score (nSPS) is 16.3. The van der Waals surface area contributed by atoms with Crippen molar-refractivity contribution in [2.75, 3.05) is 24.2 Å². The first kappa shape index (κ1) is 14.7. The maximum absolute atomic E-state index is 11.9. The molecule has 1 aliphatic rings. The van der Waals surface area contributed by atoms with E-state index in [-0.39, 0.29) is 5.91 Å². The first-order valence-corrected chi connectivity index (χ1v) is 7.96. The molecule has 5 heteroatoms. The van der Waals surface area contributed by atoms with Gasteiger partial charge < -0.3 is 10.6 Å². The van der Waals surface area contributed by atoms with E-state index in [9.17, 15) is 4.79 Å². The number of aryl methyl sites for hydroxylation is 1. The quantitative estimate of drug-likeness (QED) is 0.897. The maximum atomic E-state index is 11.9. The number of anilines is 1. The molecular weight excluding hydrogens is 280 g/mol. The van der Waals surface area contributed by atoms with Crippen molar-refractivity contribution in [1.29, 1.82) is 0 Å². The molecule has 1 fully saturated rings. The number of piperidine rings is 1. The number of benzene rings is 1. The maximum Gasteiger partial charge on any atom is 0.234 e. The first-order chi connectivity index (χ1) is 9.15. The van der Waals surface area contributed by atoms with Crippen LogP contribution in [0, 0.1) is 6.92 Å². The second kappa shape index (κ2) is 7.17. The second-order valence-electron chi connectivity index (χ2n) is 4.79. The molecule has 0 spiro atoms. The summed E-state index contributed by atoms with van der Waals surface area (Å²) in [6.07, 6.45) is 2.28. The number of hydrogen-bond acceptors (Lipinski definition) is 3. The van der Waals surface area contributed by atoms with Gasteiger partial charge in [0.05, 0.1) is 16.5 Å². The van der Waals surface area contributed by atoms with Gasteiger partial charge in [-0.25, -0.2) is 0 Å². The molecule has 0 atom stereocenters. The summed E-state index contributed by atoms with van der Waals surface area (Å²) in [6.45, 7) is 4.10.